The van der Waals surface area contributed by atoms with Crippen LogP contribution in [0.1, 0.15) is 26.3 Å². The number of nitrogens with zero attached hydrogens (tertiary/aromatic N) is 1. The molecule has 1 aromatic carbocycles. The van der Waals surface area contributed by atoms with Gasteiger partial charge in [0.25, 0.3) is 0 Å². The van der Waals surface area contributed by atoms with Gasteiger partial charge in [0.2, 0.25) is 5.91 Å². The summed E-state index contributed by atoms with van der Waals surface area (Å²) in [7, 11) is 0. The van der Waals surface area contributed by atoms with E-state index in [1.807, 2.05) is 45.0 Å². The number of nitrogens with one attached hydrogen (secondary N) is 1. The van der Waals surface area contributed by atoms with Crippen molar-refractivity contribution in [1.29, 1.82) is 0 Å². The van der Waals surface area contributed by atoms with Crippen molar-refractivity contribution in [2.24, 2.45) is 5.10 Å². The number of hydrogen-bond acceptors (Lipinski definition) is 3. The van der Waals surface area contributed by atoms with Crippen LogP contribution in [0.3, 0.4) is 0 Å². The Kier molecular flexibility index (Phi) is 5.20. The van der Waals surface area contributed by atoms with Gasteiger partial charge in [0.05, 0.1) is 13.0 Å². The van der Waals surface area contributed by atoms with Crippen LogP contribution in [0.2, 0.25) is 0 Å². The van der Waals surface area contributed by atoms with Gasteiger partial charge in [0.1, 0.15) is 5.75 Å². The highest BCUT2D eigenvalue weighted by atomic mass is 16.5. The van der Waals surface area contributed by atoms with Gasteiger partial charge in [-0.2, -0.15) is 5.10 Å². The lowest BCUT2D eigenvalue weighted by Crippen LogP contribution is -2.20. The maximum Gasteiger partial charge on any atom is 0.244 e. The van der Waals surface area contributed by atoms with Gasteiger partial charge in [-0.15, -0.1) is 0 Å². The van der Waals surface area contributed by atoms with E-state index < -0.39 is 0 Å². The smallest absolute Gasteiger partial charge is 0.244 e. The fourth-order valence-corrected chi connectivity index (χ4v) is 1.27. The predicted octanol–water partition coefficient (Wildman–Crippen LogP) is 2.14. The molecular weight excluding hydrogens is 216 g/mol. The topological polar surface area (TPSA) is 50.7 Å². The Morgan fingerprint density at radius 3 is 2.47 bits per heavy atom. The molecule has 0 aliphatic rings. The van der Waals surface area contributed by atoms with Crippen LogP contribution in [0.25, 0.3) is 0 Å². The Hall–Kier alpha value is -1.84. The van der Waals surface area contributed by atoms with Gasteiger partial charge in [-0.05, 0) is 38.5 Å². The van der Waals surface area contributed by atoms with E-state index in [0.717, 1.165) is 17.0 Å². The first-order valence-corrected chi connectivity index (χ1v) is 5.63. The lowest BCUT2D eigenvalue weighted by Gasteiger charge is -2.04. The summed E-state index contributed by atoms with van der Waals surface area (Å²) in [4.78, 5) is 11.5. The summed E-state index contributed by atoms with van der Waals surface area (Å²) < 4.78 is 5.32. The minimum atomic E-state index is -0.115. The Morgan fingerprint density at radius 1 is 1.29 bits per heavy atom. The van der Waals surface area contributed by atoms with E-state index in [-0.39, 0.29) is 5.91 Å². The molecule has 1 rings (SSSR count). The second-order valence-electron chi connectivity index (χ2n) is 3.85. The second-order valence-corrected chi connectivity index (χ2v) is 3.85. The molecule has 0 aromatic heterocycles. The van der Waals surface area contributed by atoms with Crippen LogP contribution < -0.4 is 10.2 Å². The highest BCUT2D eigenvalue weighted by molar-refractivity contribution is 5.83. The first-order valence-electron chi connectivity index (χ1n) is 5.63. The minimum absolute atomic E-state index is 0.115. The number of amides is 1. The Bertz CT molecular complexity index is 392. The Morgan fingerprint density at radius 2 is 1.94 bits per heavy atom. The zero-order valence-electron chi connectivity index (χ0n) is 10.5. The molecule has 92 valence electrons. The van der Waals surface area contributed by atoms with Gasteiger partial charge in [-0.1, -0.05) is 12.1 Å². The maximum absolute atomic E-state index is 11.5. The average Bonchev–Trinajstić information content (AvgIpc) is 2.29. The minimum Gasteiger partial charge on any atom is -0.494 e. The summed E-state index contributed by atoms with van der Waals surface area (Å²) in [5.41, 5.74) is 4.25. The molecule has 0 heterocycles. The average molecular weight is 234 g/mol. The summed E-state index contributed by atoms with van der Waals surface area (Å²) in [5, 5.41) is 3.86. The van der Waals surface area contributed by atoms with Crippen molar-refractivity contribution in [3.8, 4) is 5.75 Å². The number of rotatable bonds is 5. The molecule has 1 aromatic rings. The summed E-state index contributed by atoms with van der Waals surface area (Å²) >= 11 is 0. The molecule has 0 bridgehead atoms. The van der Waals surface area contributed by atoms with Gasteiger partial charge < -0.3 is 4.74 Å². The van der Waals surface area contributed by atoms with Crippen LogP contribution in [-0.2, 0) is 11.2 Å². The third-order valence-electron chi connectivity index (χ3n) is 2.00. The molecule has 0 spiro atoms. The van der Waals surface area contributed by atoms with Crippen molar-refractivity contribution < 1.29 is 9.53 Å². The standard InChI is InChI=1S/C13H18N2O2/c1-4-17-12-7-5-11(6-8-12)9-13(16)15-14-10(2)3/h5-8H,4,9H2,1-3H3,(H,15,16). The fraction of sp³-hybridized carbons (Fsp3) is 0.385. The van der Waals surface area contributed by atoms with E-state index in [9.17, 15) is 4.79 Å². The fourth-order valence-electron chi connectivity index (χ4n) is 1.27. The number of carbonyl (C=O) groups is 1. The molecule has 0 unspecified atom stereocenters. The van der Waals surface area contributed by atoms with E-state index >= 15 is 0 Å². The Labute approximate surface area is 102 Å². The molecule has 0 atom stereocenters. The summed E-state index contributed by atoms with van der Waals surface area (Å²) in [6.45, 7) is 6.24. The van der Waals surface area contributed by atoms with Crippen molar-refractivity contribution in [3.63, 3.8) is 0 Å². The molecule has 17 heavy (non-hydrogen) atoms. The van der Waals surface area contributed by atoms with E-state index in [1.54, 1.807) is 0 Å². The molecule has 0 saturated heterocycles. The van der Waals surface area contributed by atoms with Gasteiger partial charge in [-0.3, -0.25) is 4.79 Å². The first-order chi connectivity index (χ1) is 8.11. The number of benzene rings is 1. The Balaban J connectivity index is 2.51. The molecule has 0 radical (unpaired) electrons. The quantitative estimate of drug-likeness (QED) is 0.627. The van der Waals surface area contributed by atoms with Crippen LogP contribution in [0.15, 0.2) is 29.4 Å². The van der Waals surface area contributed by atoms with Gasteiger partial charge in [0.15, 0.2) is 0 Å². The van der Waals surface area contributed by atoms with Crippen LogP contribution in [0, 0.1) is 0 Å². The number of hydrogen-bond donors (Lipinski definition) is 1. The molecular formula is C13H18N2O2. The lowest BCUT2D eigenvalue weighted by atomic mass is 10.1. The van der Waals surface area contributed by atoms with Gasteiger partial charge in [-0.25, -0.2) is 5.43 Å². The lowest BCUT2D eigenvalue weighted by molar-refractivity contribution is -0.120. The molecule has 4 nitrogen and oxygen atoms in total. The maximum atomic E-state index is 11.5. The van der Waals surface area contributed by atoms with E-state index in [0.29, 0.717) is 13.0 Å². The van der Waals surface area contributed by atoms with Crippen LogP contribution >= 0.6 is 0 Å². The van der Waals surface area contributed by atoms with Crippen LogP contribution in [0.4, 0.5) is 0 Å². The summed E-state index contributed by atoms with van der Waals surface area (Å²) in [6.07, 6.45) is 0.323. The summed E-state index contributed by atoms with van der Waals surface area (Å²) in [5.74, 6) is 0.703. The van der Waals surface area contributed by atoms with Gasteiger partial charge >= 0.3 is 0 Å². The van der Waals surface area contributed by atoms with E-state index in [1.165, 1.54) is 0 Å². The van der Waals surface area contributed by atoms with Crippen molar-refractivity contribution >= 4 is 11.6 Å². The monoisotopic (exact) mass is 234 g/mol. The third-order valence-corrected chi connectivity index (χ3v) is 2.00. The second kappa shape index (κ2) is 6.68. The third kappa shape index (κ3) is 5.15. The van der Waals surface area contributed by atoms with Crippen LogP contribution in [-0.4, -0.2) is 18.2 Å². The van der Waals surface area contributed by atoms with Crippen molar-refractivity contribution in [3.05, 3.63) is 29.8 Å². The zero-order chi connectivity index (χ0) is 12.7. The van der Waals surface area contributed by atoms with Crippen LogP contribution in [0.5, 0.6) is 5.75 Å². The highest BCUT2D eigenvalue weighted by Gasteiger charge is 2.02. The number of hydrazone groups is 1. The van der Waals surface area contributed by atoms with Crippen molar-refractivity contribution in [1.82, 2.24) is 5.43 Å². The molecule has 4 heteroatoms. The van der Waals surface area contributed by atoms with Crippen molar-refractivity contribution in [2.75, 3.05) is 6.61 Å². The molecule has 0 aliphatic heterocycles. The van der Waals surface area contributed by atoms with Crippen molar-refractivity contribution in [2.45, 2.75) is 27.2 Å². The van der Waals surface area contributed by atoms with E-state index in [2.05, 4.69) is 10.5 Å². The van der Waals surface area contributed by atoms with Gasteiger partial charge in [0, 0.05) is 5.71 Å². The number of carbonyl (C=O) groups excluding carboxylic acids is 1. The molecule has 0 fully saturated rings. The molecule has 1 N–H and O–H groups in total. The number of ether oxygens (including phenoxy) is 1. The highest BCUT2D eigenvalue weighted by Crippen LogP contribution is 2.12. The molecule has 0 aliphatic carbocycles. The predicted molar refractivity (Wildman–Crippen MR) is 68.2 cm³/mol. The first kappa shape index (κ1) is 13.2. The zero-order valence-corrected chi connectivity index (χ0v) is 10.5. The molecule has 0 saturated carbocycles. The summed E-state index contributed by atoms with van der Waals surface area (Å²) in [6, 6.07) is 7.49. The SMILES string of the molecule is CCOc1ccc(CC(=O)NN=C(C)C)cc1. The normalized spacial score (nSPS) is 9.59. The van der Waals surface area contributed by atoms with E-state index in [4.69, 9.17) is 4.74 Å². The largest absolute Gasteiger partial charge is 0.494 e. The molecule has 1 amide bonds.